The van der Waals surface area contributed by atoms with Crippen molar-refractivity contribution in [3.63, 3.8) is 0 Å². The van der Waals surface area contributed by atoms with Crippen LogP contribution in [0.3, 0.4) is 0 Å². The minimum absolute atomic E-state index is 0.0561. The van der Waals surface area contributed by atoms with Crippen LogP contribution in [0.1, 0.15) is 89.7 Å². The van der Waals surface area contributed by atoms with E-state index in [9.17, 15) is 14.4 Å². The smallest absolute Gasteiger partial charge is 0.407 e. The van der Waals surface area contributed by atoms with Gasteiger partial charge in [0.25, 0.3) is 0 Å². The van der Waals surface area contributed by atoms with Crippen LogP contribution in [0.4, 0.5) is 10.5 Å². The molecule has 7 nitrogen and oxygen atoms in total. The van der Waals surface area contributed by atoms with Crippen molar-refractivity contribution in [3.8, 4) is 0 Å². The third-order valence-corrected chi connectivity index (χ3v) is 6.46. The van der Waals surface area contributed by atoms with E-state index in [1.807, 2.05) is 38.7 Å². The van der Waals surface area contributed by atoms with Gasteiger partial charge in [0.05, 0.1) is 0 Å². The van der Waals surface area contributed by atoms with Crippen LogP contribution in [0.2, 0.25) is 0 Å². The molecule has 0 bridgehead atoms. The molecule has 1 saturated heterocycles. The fourth-order valence-electron chi connectivity index (χ4n) is 4.77. The van der Waals surface area contributed by atoms with Gasteiger partial charge in [-0.1, -0.05) is 12.1 Å². The Kier molecular flexibility index (Phi) is 8.75. The van der Waals surface area contributed by atoms with Gasteiger partial charge in [-0.15, -0.1) is 0 Å². The molecule has 1 aliphatic heterocycles. The van der Waals surface area contributed by atoms with Gasteiger partial charge < -0.3 is 20.3 Å². The highest BCUT2D eigenvalue weighted by Gasteiger charge is 2.26. The normalized spacial score (nSPS) is 18.0. The Balaban J connectivity index is 1.57. The number of hydrogen-bond acceptors (Lipinski definition) is 4. The molecule has 0 aromatic heterocycles. The minimum atomic E-state index is -0.565. The molecule has 1 aromatic rings. The van der Waals surface area contributed by atoms with Crippen molar-refractivity contribution in [3.05, 3.63) is 35.4 Å². The molecule has 1 fully saturated rings. The minimum Gasteiger partial charge on any atom is -0.444 e. The number of benzene rings is 1. The molecule has 0 radical (unpaired) electrons. The summed E-state index contributed by atoms with van der Waals surface area (Å²) in [7, 11) is 0. The monoisotopic (exact) mass is 469 g/mol. The van der Waals surface area contributed by atoms with Crippen molar-refractivity contribution in [2.24, 2.45) is 0 Å². The molecule has 0 saturated carbocycles. The van der Waals surface area contributed by atoms with Gasteiger partial charge >= 0.3 is 6.09 Å². The number of anilines is 1. The van der Waals surface area contributed by atoms with Gasteiger partial charge in [0.2, 0.25) is 12.3 Å². The zero-order chi connectivity index (χ0) is 24.7. The fourth-order valence-corrected chi connectivity index (χ4v) is 4.77. The standard InChI is InChI=1S/C27H39N3O4/c1-19(29-26(33)34-27(2,3)4)16-25(32)30-14-12-20(13-15-30)22-10-11-24(28-18-31)23(17-22)21-8-6-5-7-9-21/h8,10-11,17-20H,5-7,9,12-16H2,1-4H3,(H,28,31)(H,29,33). The number of nitrogens with zero attached hydrogens (tertiary/aromatic N) is 1. The zero-order valence-corrected chi connectivity index (χ0v) is 21.0. The van der Waals surface area contributed by atoms with Gasteiger partial charge in [-0.3, -0.25) is 9.59 Å². The molecule has 1 aliphatic carbocycles. The molecule has 1 atom stereocenters. The van der Waals surface area contributed by atoms with Crippen molar-refractivity contribution in [2.45, 2.75) is 90.2 Å². The second-order valence-electron chi connectivity index (χ2n) is 10.4. The van der Waals surface area contributed by atoms with E-state index >= 15 is 0 Å². The summed E-state index contributed by atoms with van der Waals surface area (Å²) in [6.45, 7) is 8.67. The molecule has 186 valence electrons. The highest BCUT2D eigenvalue weighted by Crippen LogP contribution is 2.36. The lowest BCUT2D eigenvalue weighted by Gasteiger charge is -2.33. The molecule has 1 unspecified atom stereocenters. The van der Waals surface area contributed by atoms with E-state index in [-0.39, 0.29) is 18.4 Å². The third-order valence-electron chi connectivity index (χ3n) is 6.46. The number of allylic oxidation sites excluding steroid dienone is 2. The summed E-state index contributed by atoms with van der Waals surface area (Å²) in [6.07, 6.45) is 9.13. The first kappa shape index (κ1) is 25.8. The maximum absolute atomic E-state index is 12.8. The summed E-state index contributed by atoms with van der Waals surface area (Å²) in [5.74, 6) is 0.440. The van der Waals surface area contributed by atoms with Gasteiger partial charge in [-0.2, -0.15) is 0 Å². The topological polar surface area (TPSA) is 87.7 Å². The van der Waals surface area contributed by atoms with E-state index in [0.717, 1.165) is 43.3 Å². The van der Waals surface area contributed by atoms with Crippen LogP contribution in [0.25, 0.3) is 5.57 Å². The van der Waals surface area contributed by atoms with Crippen molar-refractivity contribution in [1.82, 2.24) is 10.2 Å². The Morgan fingerprint density at radius 3 is 2.56 bits per heavy atom. The van der Waals surface area contributed by atoms with E-state index in [1.165, 1.54) is 24.0 Å². The summed E-state index contributed by atoms with van der Waals surface area (Å²) in [4.78, 5) is 37.7. The lowest BCUT2D eigenvalue weighted by Crippen LogP contribution is -2.43. The predicted molar refractivity (Wildman–Crippen MR) is 135 cm³/mol. The van der Waals surface area contributed by atoms with Gasteiger partial charge in [-0.05, 0) is 95.4 Å². The van der Waals surface area contributed by atoms with Gasteiger partial charge in [0, 0.05) is 36.8 Å². The number of hydrogen-bond donors (Lipinski definition) is 2. The largest absolute Gasteiger partial charge is 0.444 e. The second kappa shape index (κ2) is 11.5. The van der Waals surface area contributed by atoms with Crippen molar-refractivity contribution in [1.29, 1.82) is 0 Å². The van der Waals surface area contributed by atoms with Crippen LogP contribution in [0, 0.1) is 0 Å². The first-order valence-corrected chi connectivity index (χ1v) is 12.5. The molecule has 1 aromatic carbocycles. The Hall–Kier alpha value is -2.83. The van der Waals surface area contributed by atoms with Gasteiger partial charge in [0.15, 0.2) is 0 Å². The van der Waals surface area contributed by atoms with Crippen molar-refractivity contribution >= 4 is 29.7 Å². The van der Waals surface area contributed by atoms with E-state index < -0.39 is 11.7 Å². The number of likely N-dealkylation sites (tertiary alicyclic amines) is 1. The maximum Gasteiger partial charge on any atom is 0.407 e. The maximum atomic E-state index is 12.8. The predicted octanol–water partition coefficient (Wildman–Crippen LogP) is 5.22. The number of amides is 3. The molecule has 1 heterocycles. The lowest BCUT2D eigenvalue weighted by molar-refractivity contribution is -0.132. The summed E-state index contributed by atoms with van der Waals surface area (Å²) in [5.41, 5.74) is 4.02. The number of nitrogens with one attached hydrogen (secondary N) is 2. The highest BCUT2D eigenvalue weighted by molar-refractivity contribution is 5.84. The Morgan fingerprint density at radius 2 is 1.94 bits per heavy atom. The first-order valence-electron chi connectivity index (χ1n) is 12.5. The zero-order valence-electron chi connectivity index (χ0n) is 21.0. The van der Waals surface area contributed by atoms with Crippen molar-refractivity contribution in [2.75, 3.05) is 18.4 Å². The molecular weight excluding hydrogens is 430 g/mol. The number of carbonyl (C=O) groups is 3. The molecule has 3 amide bonds. The van der Waals surface area contributed by atoms with Crippen LogP contribution in [0.15, 0.2) is 24.3 Å². The molecule has 7 heteroatoms. The number of rotatable bonds is 7. The molecule has 2 N–H and O–H groups in total. The van der Waals surface area contributed by atoms with Gasteiger partial charge in [0.1, 0.15) is 5.60 Å². The lowest BCUT2D eigenvalue weighted by atomic mass is 9.85. The van der Waals surface area contributed by atoms with E-state index in [1.54, 1.807) is 0 Å². The number of piperidine rings is 1. The fraction of sp³-hybridized carbons (Fsp3) is 0.593. The van der Waals surface area contributed by atoms with Crippen LogP contribution in [-0.2, 0) is 14.3 Å². The summed E-state index contributed by atoms with van der Waals surface area (Å²) >= 11 is 0. The number of alkyl carbamates (subject to hydrolysis) is 1. The van der Waals surface area contributed by atoms with E-state index in [4.69, 9.17) is 4.74 Å². The average Bonchev–Trinajstić information content (AvgIpc) is 2.79. The average molecular weight is 470 g/mol. The van der Waals surface area contributed by atoms with E-state index in [0.29, 0.717) is 19.0 Å². The first-order chi connectivity index (χ1) is 16.2. The number of ether oxygens (including phenoxy) is 1. The van der Waals surface area contributed by atoms with Crippen molar-refractivity contribution < 1.29 is 19.1 Å². The Labute approximate surface area is 203 Å². The molecule has 2 aliphatic rings. The molecule has 3 rings (SSSR count). The SMILES string of the molecule is CC(CC(=O)N1CCC(c2ccc(NC=O)c(C3=CCCCC3)c2)CC1)NC(=O)OC(C)(C)C. The van der Waals surface area contributed by atoms with Crippen LogP contribution in [0.5, 0.6) is 0 Å². The second-order valence-corrected chi connectivity index (χ2v) is 10.4. The summed E-state index contributed by atoms with van der Waals surface area (Å²) < 4.78 is 5.27. The third kappa shape index (κ3) is 7.34. The van der Waals surface area contributed by atoms with Crippen LogP contribution < -0.4 is 10.6 Å². The Morgan fingerprint density at radius 1 is 1.21 bits per heavy atom. The molecule has 0 spiro atoms. The summed E-state index contributed by atoms with van der Waals surface area (Å²) in [5, 5.41) is 5.61. The summed E-state index contributed by atoms with van der Waals surface area (Å²) in [6, 6.07) is 6.06. The number of carbonyl (C=O) groups excluding carboxylic acids is 3. The van der Waals surface area contributed by atoms with Crippen LogP contribution in [-0.4, -0.2) is 48.0 Å². The van der Waals surface area contributed by atoms with E-state index in [2.05, 4.69) is 28.8 Å². The molecular formula is C27H39N3O4. The van der Waals surface area contributed by atoms with Crippen LogP contribution >= 0.6 is 0 Å². The Bertz CT molecular complexity index is 911. The highest BCUT2D eigenvalue weighted by atomic mass is 16.6. The van der Waals surface area contributed by atoms with Gasteiger partial charge in [-0.25, -0.2) is 4.79 Å². The quantitative estimate of drug-likeness (QED) is 0.536. The molecule has 34 heavy (non-hydrogen) atoms.